The average Bonchev–Trinajstić information content (AvgIpc) is 2.41. The molecule has 0 aliphatic rings. The average molecular weight is 289 g/mol. The van der Waals surface area contributed by atoms with Gasteiger partial charge < -0.3 is 10.4 Å². The van der Waals surface area contributed by atoms with Crippen LogP contribution in [-0.4, -0.2) is 18.3 Å². The maximum Gasteiger partial charge on any atom is 0.416 e. The minimum Gasteiger partial charge on any atom is -0.396 e. The van der Waals surface area contributed by atoms with Crippen molar-refractivity contribution in [2.75, 3.05) is 13.2 Å². The maximum atomic E-state index is 12.9. The van der Waals surface area contributed by atoms with Gasteiger partial charge in [-0.15, -0.1) is 0 Å². The van der Waals surface area contributed by atoms with Crippen molar-refractivity contribution in [1.82, 2.24) is 5.32 Å². The van der Waals surface area contributed by atoms with Crippen LogP contribution < -0.4 is 5.32 Å². The lowest BCUT2D eigenvalue weighted by Gasteiger charge is -2.19. The first-order valence-corrected chi connectivity index (χ1v) is 6.97. The molecule has 0 bridgehead atoms. The minimum atomic E-state index is -4.31. The highest BCUT2D eigenvalue weighted by atomic mass is 19.4. The fourth-order valence-corrected chi connectivity index (χ4v) is 2.15. The van der Waals surface area contributed by atoms with Crippen LogP contribution in [0.4, 0.5) is 13.2 Å². The van der Waals surface area contributed by atoms with E-state index in [0.29, 0.717) is 6.54 Å². The molecule has 0 aliphatic carbocycles. The third-order valence-electron chi connectivity index (χ3n) is 3.27. The molecule has 1 unspecified atom stereocenters. The van der Waals surface area contributed by atoms with E-state index in [1.807, 2.05) is 0 Å². The van der Waals surface area contributed by atoms with E-state index in [0.717, 1.165) is 31.7 Å². The number of halogens is 3. The number of aliphatic hydroxyl groups excluding tert-OH is 1. The zero-order chi connectivity index (χ0) is 15.0. The van der Waals surface area contributed by atoms with E-state index in [1.165, 1.54) is 12.1 Å². The third-order valence-corrected chi connectivity index (χ3v) is 3.27. The van der Waals surface area contributed by atoms with Gasteiger partial charge >= 0.3 is 6.18 Å². The number of benzene rings is 1. The number of alkyl halides is 3. The van der Waals surface area contributed by atoms with Crippen LogP contribution in [0.5, 0.6) is 0 Å². The highest BCUT2D eigenvalue weighted by molar-refractivity contribution is 5.31. The Kier molecular flexibility index (Phi) is 7.02. The summed E-state index contributed by atoms with van der Waals surface area (Å²) in [5.74, 6) is 0. The number of hydrogen-bond donors (Lipinski definition) is 2. The van der Waals surface area contributed by atoms with Gasteiger partial charge in [0.1, 0.15) is 0 Å². The van der Waals surface area contributed by atoms with Gasteiger partial charge in [0.15, 0.2) is 0 Å². The molecule has 0 radical (unpaired) electrons. The molecule has 2 nitrogen and oxygen atoms in total. The number of hydrogen-bond acceptors (Lipinski definition) is 2. The van der Waals surface area contributed by atoms with Gasteiger partial charge in [0, 0.05) is 12.6 Å². The molecule has 0 fully saturated rings. The van der Waals surface area contributed by atoms with E-state index in [9.17, 15) is 13.2 Å². The topological polar surface area (TPSA) is 32.3 Å². The van der Waals surface area contributed by atoms with Crippen molar-refractivity contribution < 1.29 is 18.3 Å². The van der Waals surface area contributed by atoms with Gasteiger partial charge in [0.25, 0.3) is 0 Å². The molecule has 0 saturated carbocycles. The zero-order valence-corrected chi connectivity index (χ0v) is 11.7. The van der Waals surface area contributed by atoms with Crippen molar-refractivity contribution >= 4 is 0 Å². The second kappa shape index (κ2) is 8.27. The molecule has 1 aromatic carbocycles. The van der Waals surface area contributed by atoms with Crippen LogP contribution in [-0.2, 0) is 6.18 Å². The van der Waals surface area contributed by atoms with Crippen LogP contribution >= 0.6 is 0 Å². The third kappa shape index (κ3) is 5.51. The van der Waals surface area contributed by atoms with Crippen LogP contribution in [0, 0.1) is 0 Å². The molecule has 1 rings (SSSR count). The Hall–Kier alpha value is -1.07. The van der Waals surface area contributed by atoms with Crippen LogP contribution in [0.2, 0.25) is 0 Å². The molecule has 0 aliphatic heterocycles. The molecule has 2 N–H and O–H groups in total. The van der Waals surface area contributed by atoms with Crippen molar-refractivity contribution in [3.05, 3.63) is 35.4 Å². The minimum absolute atomic E-state index is 0.197. The van der Waals surface area contributed by atoms with Crippen molar-refractivity contribution in [1.29, 1.82) is 0 Å². The summed E-state index contributed by atoms with van der Waals surface area (Å²) >= 11 is 0. The number of nitrogens with one attached hydrogen (secondary N) is 1. The standard InChI is InChI=1S/C15H22F3NO/c1-12(19-10-6-2-3-7-11-20)13-8-4-5-9-14(13)15(16,17)18/h4-5,8-9,12,19-20H,2-3,6-7,10-11H2,1H3. The summed E-state index contributed by atoms with van der Waals surface area (Å²) in [7, 11) is 0. The number of unbranched alkanes of at least 4 members (excludes halogenated alkanes) is 3. The highest BCUT2D eigenvalue weighted by Crippen LogP contribution is 2.34. The van der Waals surface area contributed by atoms with E-state index in [1.54, 1.807) is 13.0 Å². The molecule has 0 heterocycles. The normalized spacial score (nSPS) is 13.4. The predicted molar refractivity (Wildman–Crippen MR) is 73.4 cm³/mol. The maximum absolute atomic E-state index is 12.9. The lowest BCUT2D eigenvalue weighted by molar-refractivity contribution is -0.138. The lowest BCUT2D eigenvalue weighted by atomic mass is 10.0. The second-order valence-electron chi connectivity index (χ2n) is 4.90. The molecular weight excluding hydrogens is 267 g/mol. The van der Waals surface area contributed by atoms with E-state index < -0.39 is 11.7 Å². The first-order chi connectivity index (χ1) is 9.46. The summed E-state index contributed by atoms with van der Waals surface area (Å²) < 4.78 is 38.7. The highest BCUT2D eigenvalue weighted by Gasteiger charge is 2.33. The van der Waals surface area contributed by atoms with Crippen LogP contribution in [0.15, 0.2) is 24.3 Å². The molecular formula is C15H22F3NO. The van der Waals surface area contributed by atoms with Crippen LogP contribution in [0.3, 0.4) is 0 Å². The Morgan fingerprint density at radius 2 is 1.75 bits per heavy atom. The Morgan fingerprint density at radius 1 is 1.10 bits per heavy atom. The monoisotopic (exact) mass is 289 g/mol. The summed E-state index contributed by atoms with van der Waals surface area (Å²) in [6.45, 7) is 2.62. The summed E-state index contributed by atoms with van der Waals surface area (Å²) in [6.07, 6.45) is -0.703. The summed E-state index contributed by atoms with van der Waals surface area (Å²) in [5, 5.41) is 11.8. The van der Waals surface area contributed by atoms with E-state index >= 15 is 0 Å². The molecule has 0 amide bonds. The fraction of sp³-hybridized carbons (Fsp3) is 0.600. The van der Waals surface area contributed by atoms with Crippen molar-refractivity contribution in [3.63, 3.8) is 0 Å². The Labute approximate surface area is 118 Å². The second-order valence-corrected chi connectivity index (χ2v) is 4.90. The van der Waals surface area contributed by atoms with Gasteiger partial charge in [0.2, 0.25) is 0 Å². The molecule has 5 heteroatoms. The summed E-state index contributed by atoms with van der Waals surface area (Å²) in [6, 6.07) is 5.35. The number of aliphatic hydroxyl groups is 1. The number of rotatable bonds is 8. The fourth-order valence-electron chi connectivity index (χ4n) is 2.15. The van der Waals surface area contributed by atoms with E-state index in [-0.39, 0.29) is 18.2 Å². The Bertz CT molecular complexity index is 393. The van der Waals surface area contributed by atoms with Crippen molar-refractivity contribution in [2.45, 2.75) is 44.8 Å². The van der Waals surface area contributed by atoms with Crippen LogP contribution in [0.1, 0.15) is 49.8 Å². The molecule has 1 aromatic rings. The van der Waals surface area contributed by atoms with E-state index in [2.05, 4.69) is 5.32 Å². The van der Waals surface area contributed by atoms with Gasteiger partial charge in [-0.05, 0) is 37.9 Å². The largest absolute Gasteiger partial charge is 0.416 e. The smallest absolute Gasteiger partial charge is 0.396 e. The first kappa shape index (κ1) is 17.0. The first-order valence-electron chi connectivity index (χ1n) is 6.97. The van der Waals surface area contributed by atoms with Crippen LogP contribution in [0.25, 0.3) is 0 Å². The quantitative estimate of drug-likeness (QED) is 0.711. The van der Waals surface area contributed by atoms with E-state index in [4.69, 9.17) is 5.11 Å². The van der Waals surface area contributed by atoms with Crippen molar-refractivity contribution in [2.24, 2.45) is 0 Å². The van der Waals surface area contributed by atoms with Crippen molar-refractivity contribution in [3.8, 4) is 0 Å². The van der Waals surface area contributed by atoms with Gasteiger partial charge in [0.05, 0.1) is 5.56 Å². The molecule has 114 valence electrons. The Balaban J connectivity index is 2.49. The molecule has 1 atom stereocenters. The Morgan fingerprint density at radius 3 is 2.40 bits per heavy atom. The lowest BCUT2D eigenvalue weighted by Crippen LogP contribution is -2.23. The summed E-state index contributed by atoms with van der Waals surface area (Å²) in [4.78, 5) is 0. The van der Waals surface area contributed by atoms with Gasteiger partial charge in [-0.2, -0.15) is 13.2 Å². The summed E-state index contributed by atoms with van der Waals surface area (Å²) in [5.41, 5.74) is -0.282. The van der Waals surface area contributed by atoms with Gasteiger partial charge in [-0.3, -0.25) is 0 Å². The van der Waals surface area contributed by atoms with Gasteiger partial charge in [-0.25, -0.2) is 0 Å². The predicted octanol–water partition coefficient (Wildman–Crippen LogP) is 3.91. The molecule has 0 saturated heterocycles. The molecule has 0 aromatic heterocycles. The molecule has 0 spiro atoms. The SMILES string of the molecule is CC(NCCCCCCO)c1ccccc1C(F)(F)F. The zero-order valence-electron chi connectivity index (χ0n) is 11.7. The van der Waals surface area contributed by atoms with Gasteiger partial charge in [-0.1, -0.05) is 31.0 Å². The molecule has 20 heavy (non-hydrogen) atoms.